The van der Waals surface area contributed by atoms with Gasteiger partial charge in [0.25, 0.3) is 0 Å². The second-order valence-corrected chi connectivity index (χ2v) is 4.12. The molecule has 0 aliphatic heterocycles. The zero-order chi connectivity index (χ0) is 11.7. The van der Waals surface area contributed by atoms with E-state index in [0.29, 0.717) is 0 Å². The van der Waals surface area contributed by atoms with Gasteiger partial charge >= 0.3 is 0 Å². The van der Waals surface area contributed by atoms with Crippen molar-refractivity contribution in [3.05, 3.63) is 52.8 Å². The van der Waals surface area contributed by atoms with E-state index >= 15 is 0 Å². The van der Waals surface area contributed by atoms with Gasteiger partial charge in [0.15, 0.2) is 0 Å². The molecular formula is C13H16N2O. The van der Waals surface area contributed by atoms with E-state index in [0.717, 1.165) is 16.8 Å². The fraction of sp³-hybridized carbons (Fsp3) is 0.308. The Kier molecular flexibility index (Phi) is 2.79. The Hall–Kier alpha value is -1.61. The number of aromatic nitrogens is 2. The van der Waals surface area contributed by atoms with Crippen molar-refractivity contribution in [2.45, 2.75) is 20.0 Å². The molecule has 0 amide bonds. The lowest BCUT2D eigenvalue weighted by Crippen LogP contribution is -2.02. The molecule has 0 radical (unpaired) electrons. The fourth-order valence-electron chi connectivity index (χ4n) is 1.71. The minimum absolute atomic E-state index is 0.589. The molecule has 84 valence electrons. The lowest BCUT2D eigenvalue weighted by molar-refractivity contribution is 0.219. The van der Waals surface area contributed by atoms with E-state index in [1.165, 1.54) is 5.56 Å². The number of hydrogen-bond acceptors (Lipinski definition) is 2. The molecule has 0 fully saturated rings. The van der Waals surface area contributed by atoms with Gasteiger partial charge in [0.2, 0.25) is 0 Å². The summed E-state index contributed by atoms with van der Waals surface area (Å²) in [6, 6.07) is 7.91. The van der Waals surface area contributed by atoms with Crippen LogP contribution in [0.15, 0.2) is 30.5 Å². The van der Waals surface area contributed by atoms with Crippen LogP contribution in [0.1, 0.15) is 28.5 Å². The van der Waals surface area contributed by atoms with Crippen LogP contribution in [0, 0.1) is 13.8 Å². The number of aryl methyl sites for hydroxylation is 2. The van der Waals surface area contributed by atoms with Gasteiger partial charge in [0.05, 0.1) is 6.20 Å². The van der Waals surface area contributed by atoms with Gasteiger partial charge in [-0.3, -0.25) is 4.68 Å². The summed E-state index contributed by atoms with van der Waals surface area (Å²) in [6.45, 7) is 3.99. The molecule has 0 bridgehead atoms. The van der Waals surface area contributed by atoms with Crippen LogP contribution >= 0.6 is 0 Å². The second kappa shape index (κ2) is 4.10. The van der Waals surface area contributed by atoms with Crippen LogP contribution in [-0.4, -0.2) is 14.9 Å². The Balaban J connectivity index is 2.35. The van der Waals surface area contributed by atoms with E-state index in [1.54, 1.807) is 10.9 Å². The van der Waals surface area contributed by atoms with Gasteiger partial charge in [-0.05, 0) is 19.4 Å². The first-order chi connectivity index (χ1) is 7.59. The van der Waals surface area contributed by atoms with Crippen LogP contribution in [0.5, 0.6) is 0 Å². The summed E-state index contributed by atoms with van der Waals surface area (Å²) < 4.78 is 1.77. The molecule has 1 unspecified atom stereocenters. The van der Waals surface area contributed by atoms with Crippen molar-refractivity contribution < 1.29 is 5.11 Å². The molecule has 1 aromatic carbocycles. The molecule has 1 heterocycles. The number of aliphatic hydroxyl groups excluding tert-OH is 1. The fourth-order valence-corrected chi connectivity index (χ4v) is 1.71. The molecule has 0 aliphatic rings. The van der Waals surface area contributed by atoms with Crippen LogP contribution in [0.4, 0.5) is 0 Å². The maximum absolute atomic E-state index is 10.2. The van der Waals surface area contributed by atoms with E-state index in [4.69, 9.17) is 0 Å². The Morgan fingerprint density at radius 3 is 2.31 bits per heavy atom. The Morgan fingerprint density at radius 2 is 1.81 bits per heavy atom. The smallest absolute Gasteiger partial charge is 0.107 e. The summed E-state index contributed by atoms with van der Waals surface area (Å²) in [7, 11) is 1.88. The second-order valence-electron chi connectivity index (χ2n) is 4.12. The molecule has 16 heavy (non-hydrogen) atoms. The number of nitrogens with zero attached hydrogens (tertiary/aromatic N) is 2. The van der Waals surface area contributed by atoms with Crippen LogP contribution in [0.3, 0.4) is 0 Å². The third-order valence-electron chi connectivity index (χ3n) is 2.96. The SMILES string of the molecule is Cc1ccc(C(O)c2cnn(C)c2C)cc1. The molecule has 0 saturated heterocycles. The molecular weight excluding hydrogens is 200 g/mol. The van der Waals surface area contributed by atoms with E-state index < -0.39 is 6.10 Å². The Labute approximate surface area is 95.3 Å². The van der Waals surface area contributed by atoms with Crippen molar-refractivity contribution in [3.8, 4) is 0 Å². The van der Waals surface area contributed by atoms with Crippen LogP contribution < -0.4 is 0 Å². The van der Waals surface area contributed by atoms with E-state index in [-0.39, 0.29) is 0 Å². The minimum atomic E-state index is -0.589. The largest absolute Gasteiger partial charge is 0.384 e. The van der Waals surface area contributed by atoms with Crippen molar-refractivity contribution in [2.24, 2.45) is 7.05 Å². The number of rotatable bonds is 2. The van der Waals surface area contributed by atoms with Crippen LogP contribution in [0.25, 0.3) is 0 Å². The quantitative estimate of drug-likeness (QED) is 0.835. The summed E-state index contributed by atoms with van der Waals surface area (Å²) in [5, 5.41) is 14.4. The zero-order valence-corrected chi connectivity index (χ0v) is 9.81. The van der Waals surface area contributed by atoms with E-state index in [1.807, 2.05) is 45.2 Å². The highest BCUT2D eigenvalue weighted by molar-refractivity contribution is 5.32. The lowest BCUT2D eigenvalue weighted by atomic mass is 10.0. The van der Waals surface area contributed by atoms with Gasteiger partial charge in [-0.25, -0.2) is 0 Å². The molecule has 3 nitrogen and oxygen atoms in total. The molecule has 0 saturated carbocycles. The van der Waals surface area contributed by atoms with E-state index in [9.17, 15) is 5.11 Å². The predicted octanol–water partition coefficient (Wildman–Crippen LogP) is 2.12. The van der Waals surface area contributed by atoms with Gasteiger partial charge in [-0.1, -0.05) is 29.8 Å². The monoisotopic (exact) mass is 216 g/mol. The topological polar surface area (TPSA) is 38.1 Å². The number of hydrogen-bond donors (Lipinski definition) is 1. The minimum Gasteiger partial charge on any atom is -0.384 e. The number of benzene rings is 1. The summed E-state index contributed by atoms with van der Waals surface area (Å²) in [6.07, 6.45) is 1.13. The maximum Gasteiger partial charge on any atom is 0.107 e. The standard InChI is InChI=1S/C13H16N2O/c1-9-4-6-11(7-5-9)13(16)12-8-14-15(3)10(12)2/h4-8,13,16H,1-3H3. The average Bonchev–Trinajstić information content (AvgIpc) is 2.60. The van der Waals surface area contributed by atoms with Crippen molar-refractivity contribution in [1.29, 1.82) is 0 Å². The van der Waals surface area contributed by atoms with Gasteiger partial charge in [-0.2, -0.15) is 5.10 Å². The summed E-state index contributed by atoms with van der Waals surface area (Å²) in [4.78, 5) is 0. The first kappa shape index (κ1) is 10.9. The highest BCUT2D eigenvalue weighted by Crippen LogP contribution is 2.24. The first-order valence-electron chi connectivity index (χ1n) is 5.32. The lowest BCUT2D eigenvalue weighted by Gasteiger charge is -2.10. The van der Waals surface area contributed by atoms with Crippen molar-refractivity contribution in [3.63, 3.8) is 0 Å². The normalized spacial score (nSPS) is 12.8. The predicted molar refractivity (Wildman–Crippen MR) is 63.2 cm³/mol. The molecule has 1 N–H and O–H groups in total. The molecule has 0 aliphatic carbocycles. The van der Waals surface area contributed by atoms with Gasteiger partial charge < -0.3 is 5.11 Å². The summed E-state index contributed by atoms with van der Waals surface area (Å²) in [5.41, 5.74) is 3.96. The van der Waals surface area contributed by atoms with Crippen LogP contribution in [0.2, 0.25) is 0 Å². The van der Waals surface area contributed by atoms with Crippen LogP contribution in [-0.2, 0) is 7.05 Å². The molecule has 1 atom stereocenters. The maximum atomic E-state index is 10.2. The van der Waals surface area contributed by atoms with Crippen molar-refractivity contribution in [2.75, 3.05) is 0 Å². The molecule has 3 heteroatoms. The zero-order valence-electron chi connectivity index (χ0n) is 9.81. The average molecular weight is 216 g/mol. The van der Waals surface area contributed by atoms with Crippen molar-refractivity contribution in [1.82, 2.24) is 9.78 Å². The summed E-state index contributed by atoms with van der Waals surface area (Å²) in [5.74, 6) is 0. The Bertz CT molecular complexity index is 485. The van der Waals surface area contributed by atoms with Crippen molar-refractivity contribution >= 4 is 0 Å². The molecule has 2 rings (SSSR count). The number of aliphatic hydroxyl groups is 1. The van der Waals surface area contributed by atoms with Gasteiger partial charge in [0.1, 0.15) is 6.10 Å². The third kappa shape index (κ3) is 1.86. The Morgan fingerprint density at radius 1 is 1.19 bits per heavy atom. The summed E-state index contributed by atoms with van der Waals surface area (Å²) >= 11 is 0. The molecule has 1 aromatic heterocycles. The first-order valence-corrected chi connectivity index (χ1v) is 5.32. The highest BCUT2D eigenvalue weighted by Gasteiger charge is 2.15. The van der Waals surface area contributed by atoms with E-state index in [2.05, 4.69) is 5.10 Å². The molecule has 0 spiro atoms. The molecule has 2 aromatic rings. The highest BCUT2D eigenvalue weighted by atomic mass is 16.3. The van der Waals surface area contributed by atoms with Gasteiger partial charge in [0, 0.05) is 18.3 Å². The third-order valence-corrected chi connectivity index (χ3v) is 2.96. The van der Waals surface area contributed by atoms with Gasteiger partial charge in [-0.15, -0.1) is 0 Å².